The van der Waals surface area contributed by atoms with E-state index in [2.05, 4.69) is 4.98 Å². The van der Waals surface area contributed by atoms with Gasteiger partial charge in [0, 0.05) is 30.2 Å². The highest BCUT2D eigenvalue weighted by Gasteiger charge is 2.22. The molecule has 1 aromatic heterocycles. The molecule has 6 heteroatoms. The third-order valence-corrected chi connectivity index (χ3v) is 5.69. The van der Waals surface area contributed by atoms with Gasteiger partial charge in [0.25, 0.3) is 5.56 Å². The highest BCUT2D eigenvalue weighted by Crippen LogP contribution is 2.34. The second-order valence-electron chi connectivity index (χ2n) is 6.33. The molecule has 0 radical (unpaired) electrons. The van der Waals surface area contributed by atoms with E-state index in [1.165, 1.54) is 4.57 Å². The number of aromatic nitrogens is 2. The van der Waals surface area contributed by atoms with Gasteiger partial charge >= 0.3 is 0 Å². The summed E-state index contributed by atoms with van der Waals surface area (Å²) >= 11 is 1.77. The molecule has 0 saturated carbocycles. The number of amides is 1. The molecule has 4 rings (SSSR count). The third kappa shape index (κ3) is 3.01. The van der Waals surface area contributed by atoms with Crippen molar-refractivity contribution in [1.82, 2.24) is 9.55 Å². The van der Waals surface area contributed by atoms with Crippen molar-refractivity contribution in [1.29, 1.82) is 0 Å². The Bertz CT molecular complexity index is 1040. The van der Waals surface area contributed by atoms with Crippen molar-refractivity contribution in [3.8, 4) is 0 Å². The van der Waals surface area contributed by atoms with Crippen molar-refractivity contribution < 1.29 is 4.79 Å². The first-order chi connectivity index (χ1) is 12.6. The highest BCUT2D eigenvalue weighted by atomic mass is 32.2. The van der Waals surface area contributed by atoms with E-state index in [9.17, 15) is 9.59 Å². The molecule has 0 fully saturated rings. The fourth-order valence-electron chi connectivity index (χ4n) is 3.28. The van der Waals surface area contributed by atoms with E-state index in [1.807, 2.05) is 48.2 Å². The number of carbonyl (C=O) groups excluding carboxylic acids is 1. The average molecular weight is 365 g/mol. The number of rotatable bonds is 3. The van der Waals surface area contributed by atoms with E-state index >= 15 is 0 Å². The monoisotopic (exact) mass is 365 g/mol. The van der Waals surface area contributed by atoms with Crippen LogP contribution in [0.25, 0.3) is 10.9 Å². The van der Waals surface area contributed by atoms with Crippen molar-refractivity contribution in [3.63, 3.8) is 0 Å². The Hall–Kier alpha value is -2.60. The fourth-order valence-corrected chi connectivity index (χ4v) is 4.27. The summed E-state index contributed by atoms with van der Waals surface area (Å²) in [5.74, 6) is 0.925. The third-order valence-electron chi connectivity index (χ3n) is 4.65. The summed E-state index contributed by atoms with van der Waals surface area (Å²) in [4.78, 5) is 32.8. The van der Waals surface area contributed by atoms with Crippen LogP contribution in [-0.2, 0) is 11.3 Å². The highest BCUT2D eigenvalue weighted by molar-refractivity contribution is 7.99. The van der Waals surface area contributed by atoms with Gasteiger partial charge in [-0.1, -0.05) is 24.3 Å². The molecule has 132 valence electrons. The number of hydrogen-bond acceptors (Lipinski definition) is 4. The predicted octanol–water partition coefficient (Wildman–Crippen LogP) is 3.23. The Balaban J connectivity index is 1.55. The number of para-hydroxylation sites is 2. The van der Waals surface area contributed by atoms with Crippen molar-refractivity contribution in [2.45, 2.75) is 24.8 Å². The van der Waals surface area contributed by atoms with Crippen LogP contribution in [0, 0.1) is 6.92 Å². The quantitative estimate of drug-likeness (QED) is 0.715. The van der Waals surface area contributed by atoms with Crippen molar-refractivity contribution in [3.05, 3.63) is 64.7 Å². The molecule has 2 aromatic carbocycles. The van der Waals surface area contributed by atoms with Crippen molar-refractivity contribution in [2.24, 2.45) is 0 Å². The molecule has 0 aliphatic carbocycles. The van der Waals surface area contributed by atoms with Crippen LogP contribution in [0.2, 0.25) is 0 Å². The second-order valence-corrected chi connectivity index (χ2v) is 7.46. The molecule has 1 aliphatic rings. The van der Waals surface area contributed by atoms with Gasteiger partial charge in [-0.05, 0) is 30.7 Å². The summed E-state index contributed by atoms with van der Waals surface area (Å²) in [6.45, 7) is 2.97. The van der Waals surface area contributed by atoms with Crippen LogP contribution < -0.4 is 10.5 Å². The first-order valence-corrected chi connectivity index (χ1v) is 9.60. The van der Waals surface area contributed by atoms with Gasteiger partial charge in [0.05, 0.1) is 22.9 Å². The molecule has 0 bridgehead atoms. The number of thioether (sulfide) groups is 1. The number of hydrogen-bond donors (Lipinski definition) is 0. The van der Waals surface area contributed by atoms with Gasteiger partial charge in [-0.25, -0.2) is 4.98 Å². The zero-order chi connectivity index (χ0) is 18.1. The van der Waals surface area contributed by atoms with Gasteiger partial charge < -0.3 is 4.90 Å². The van der Waals surface area contributed by atoms with Crippen LogP contribution in [0.15, 0.2) is 58.5 Å². The Labute approximate surface area is 155 Å². The largest absolute Gasteiger partial charge is 0.310 e. The maximum Gasteiger partial charge on any atom is 0.261 e. The summed E-state index contributed by atoms with van der Waals surface area (Å²) < 4.78 is 1.53. The topological polar surface area (TPSA) is 55.2 Å². The first-order valence-electron chi connectivity index (χ1n) is 8.62. The minimum Gasteiger partial charge on any atom is -0.310 e. The number of carbonyl (C=O) groups is 1. The Kier molecular flexibility index (Phi) is 4.51. The number of fused-ring (bicyclic) bond motifs is 2. The first kappa shape index (κ1) is 16.8. The molecule has 0 saturated heterocycles. The Morgan fingerprint density at radius 3 is 2.92 bits per heavy atom. The minimum absolute atomic E-state index is 0.0361. The number of benzene rings is 2. The van der Waals surface area contributed by atoms with Gasteiger partial charge in [-0.2, -0.15) is 0 Å². The predicted molar refractivity (Wildman–Crippen MR) is 105 cm³/mol. The molecular weight excluding hydrogens is 346 g/mol. The summed E-state index contributed by atoms with van der Waals surface area (Å²) in [6.07, 6.45) is 1.82. The van der Waals surface area contributed by atoms with E-state index in [0.29, 0.717) is 18.5 Å². The van der Waals surface area contributed by atoms with Gasteiger partial charge in [0.15, 0.2) is 0 Å². The van der Waals surface area contributed by atoms with E-state index in [1.54, 1.807) is 24.2 Å². The summed E-state index contributed by atoms with van der Waals surface area (Å²) in [5.41, 5.74) is 2.57. The second kappa shape index (κ2) is 6.96. The zero-order valence-electron chi connectivity index (χ0n) is 14.5. The molecular formula is C20H19N3O2S. The Morgan fingerprint density at radius 1 is 1.19 bits per heavy atom. The fraction of sp³-hybridized carbons (Fsp3) is 0.250. The SMILES string of the molecule is Cc1cccc2c(=O)n(CCC(=O)N3CCSc4ccccc43)cnc12. The molecule has 1 aliphatic heterocycles. The van der Waals surface area contributed by atoms with E-state index in [-0.39, 0.29) is 17.9 Å². The number of anilines is 1. The summed E-state index contributed by atoms with van der Waals surface area (Å²) in [5, 5.41) is 0.597. The minimum atomic E-state index is -0.0962. The smallest absolute Gasteiger partial charge is 0.261 e. The van der Waals surface area contributed by atoms with Gasteiger partial charge in [0.1, 0.15) is 0 Å². The lowest BCUT2D eigenvalue weighted by molar-refractivity contribution is -0.118. The van der Waals surface area contributed by atoms with Crippen LogP contribution in [0.1, 0.15) is 12.0 Å². The van der Waals surface area contributed by atoms with Crippen LogP contribution in [-0.4, -0.2) is 27.8 Å². The lowest BCUT2D eigenvalue weighted by Crippen LogP contribution is -2.36. The molecule has 2 heterocycles. The van der Waals surface area contributed by atoms with Crippen LogP contribution in [0.5, 0.6) is 0 Å². The van der Waals surface area contributed by atoms with E-state index in [0.717, 1.165) is 27.4 Å². The van der Waals surface area contributed by atoms with E-state index in [4.69, 9.17) is 0 Å². The zero-order valence-corrected chi connectivity index (χ0v) is 15.3. The average Bonchev–Trinajstić information content (AvgIpc) is 2.67. The summed E-state index contributed by atoms with van der Waals surface area (Å²) in [7, 11) is 0. The molecule has 26 heavy (non-hydrogen) atoms. The van der Waals surface area contributed by atoms with Crippen LogP contribution in [0.4, 0.5) is 5.69 Å². The van der Waals surface area contributed by atoms with Crippen molar-refractivity contribution in [2.75, 3.05) is 17.2 Å². The lowest BCUT2D eigenvalue weighted by Gasteiger charge is -2.29. The molecule has 1 amide bonds. The van der Waals surface area contributed by atoms with Crippen molar-refractivity contribution >= 4 is 34.3 Å². The standard InChI is InChI=1S/C20H19N3O2S/c1-14-5-4-6-15-19(14)21-13-22(20(15)25)10-9-18(24)23-11-12-26-17-8-3-2-7-16(17)23/h2-8,13H,9-12H2,1H3. The number of nitrogens with zero attached hydrogens (tertiary/aromatic N) is 3. The maximum atomic E-state index is 12.7. The lowest BCUT2D eigenvalue weighted by atomic mass is 10.1. The van der Waals surface area contributed by atoms with Gasteiger partial charge in [0.2, 0.25) is 5.91 Å². The van der Waals surface area contributed by atoms with Crippen LogP contribution in [0.3, 0.4) is 0 Å². The summed E-state index contributed by atoms with van der Waals surface area (Å²) in [6, 6.07) is 13.5. The molecule has 0 spiro atoms. The maximum absolute atomic E-state index is 12.7. The molecule has 0 unspecified atom stereocenters. The molecule has 0 atom stereocenters. The normalized spacial score (nSPS) is 13.7. The molecule has 5 nitrogen and oxygen atoms in total. The van der Waals surface area contributed by atoms with Gasteiger partial charge in [-0.3, -0.25) is 14.2 Å². The van der Waals surface area contributed by atoms with E-state index < -0.39 is 0 Å². The van der Waals surface area contributed by atoms with Gasteiger partial charge in [-0.15, -0.1) is 11.8 Å². The number of aryl methyl sites for hydroxylation is 2. The van der Waals surface area contributed by atoms with Crippen LogP contribution >= 0.6 is 11.8 Å². The molecule has 0 N–H and O–H groups in total. The Morgan fingerprint density at radius 2 is 2.04 bits per heavy atom. The molecule has 3 aromatic rings.